The molecule has 0 atom stereocenters. The highest BCUT2D eigenvalue weighted by Crippen LogP contribution is 2.15. The Morgan fingerprint density at radius 2 is 1.96 bits per heavy atom. The molecule has 1 aliphatic heterocycles. The number of nitrogens with zero attached hydrogens (tertiary/aromatic N) is 4. The summed E-state index contributed by atoms with van der Waals surface area (Å²) in [6.45, 7) is 3.81. The molecule has 1 N–H and O–H groups in total. The van der Waals surface area contributed by atoms with E-state index in [1.54, 1.807) is 18.2 Å². The first kappa shape index (κ1) is 19.3. The maximum absolute atomic E-state index is 10.9. The van der Waals surface area contributed by atoms with Gasteiger partial charge in [0.15, 0.2) is 0 Å². The van der Waals surface area contributed by atoms with Crippen LogP contribution in [0.2, 0.25) is 0 Å². The first-order chi connectivity index (χ1) is 13.2. The van der Waals surface area contributed by atoms with Gasteiger partial charge in [0.25, 0.3) is 0 Å². The third-order valence-corrected chi connectivity index (χ3v) is 4.85. The summed E-state index contributed by atoms with van der Waals surface area (Å²) in [4.78, 5) is 19.3. The summed E-state index contributed by atoms with van der Waals surface area (Å²) in [7, 11) is 1.65. The van der Waals surface area contributed by atoms with Crippen LogP contribution >= 0.6 is 15.9 Å². The molecule has 1 aliphatic rings. The van der Waals surface area contributed by atoms with E-state index in [0.717, 1.165) is 54.1 Å². The van der Waals surface area contributed by atoms with Crippen molar-refractivity contribution in [3.63, 3.8) is 0 Å². The molecule has 27 heavy (non-hydrogen) atoms. The van der Waals surface area contributed by atoms with E-state index in [4.69, 9.17) is 4.74 Å². The number of ether oxygens (including phenoxy) is 1. The van der Waals surface area contributed by atoms with Gasteiger partial charge in [0, 0.05) is 43.4 Å². The SMILES string of the molecule is COc1ccc(C(CN2CCN(C=O)CC2)=NNc2ccc(Br)cn2)cc1. The summed E-state index contributed by atoms with van der Waals surface area (Å²) in [5.74, 6) is 1.48. The van der Waals surface area contributed by atoms with Crippen LogP contribution in [0.4, 0.5) is 5.82 Å². The fourth-order valence-electron chi connectivity index (χ4n) is 2.78. The Bertz CT molecular complexity index is 772. The first-order valence-electron chi connectivity index (χ1n) is 8.68. The summed E-state index contributed by atoms with van der Waals surface area (Å²) in [6.07, 6.45) is 2.64. The van der Waals surface area contributed by atoms with E-state index in [2.05, 4.69) is 36.3 Å². The molecule has 1 aromatic carbocycles. The molecule has 2 aromatic rings. The average molecular weight is 432 g/mol. The number of nitrogens with one attached hydrogen (secondary N) is 1. The molecule has 1 amide bonds. The molecule has 8 heteroatoms. The lowest BCUT2D eigenvalue weighted by atomic mass is 10.1. The number of hydrogen-bond donors (Lipinski definition) is 1. The zero-order valence-corrected chi connectivity index (χ0v) is 16.7. The monoisotopic (exact) mass is 431 g/mol. The van der Waals surface area contributed by atoms with Gasteiger partial charge in [-0.15, -0.1) is 0 Å². The molecule has 0 bridgehead atoms. The largest absolute Gasteiger partial charge is 0.497 e. The Balaban J connectivity index is 1.76. The van der Waals surface area contributed by atoms with Gasteiger partial charge in [-0.3, -0.25) is 15.1 Å². The third-order valence-electron chi connectivity index (χ3n) is 4.39. The van der Waals surface area contributed by atoms with Gasteiger partial charge in [-0.25, -0.2) is 4.98 Å². The number of aromatic nitrogens is 1. The Labute approximate surface area is 167 Å². The van der Waals surface area contributed by atoms with Crippen LogP contribution in [0.15, 0.2) is 52.2 Å². The highest BCUT2D eigenvalue weighted by molar-refractivity contribution is 9.10. The lowest BCUT2D eigenvalue weighted by Crippen LogP contribution is -2.47. The minimum atomic E-state index is 0.676. The number of methoxy groups -OCH3 is 1. The molecule has 1 fully saturated rings. The summed E-state index contributed by atoms with van der Waals surface area (Å²) < 4.78 is 6.16. The van der Waals surface area contributed by atoms with Crippen LogP contribution in [0, 0.1) is 0 Å². The number of benzene rings is 1. The first-order valence-corrected chi connectivity index (χ1v) is 9.47. The van der Waals surface area contributed by atoms with Crippen LogP contribution in [-0.2, 0) is 4.79 Å². The van der Waals surface area contributed by atoms with Crippen LogP contribution in [0.5, 0.6) is 5.75 Å². The number of anilines is 1. The van der Waals surface area contributed by atoms with Gasteiger partial charge in [-0.2, -0.15) is 5.10 Å². The van der Waals surface area contributed by atoms with Crippen molar-refractivity contribution in [1.29, 1.82) is 0 Å². The molecule has 0 saturated carbocycles. The number of amides is 1. The molecule has 0 spiro atoms. The molecule has 2 heterocycles. The number of hydrogen-bond acceptors (Lipinski definition) is 6. The number of hydrazone groups is 1. The maximum Gasteiger partial charge on any atom is 0.209 e. The number of carbonyl (C=O) groups excluding carboxylic acids is 1. The van der Waals surface area contributed by atoms with Crippen molar-refractivity contribution in [3.05, 3.63) is 52.6 Å². The molecule has 1 saturated heterocycles. The second-order valence-corrected chi connectivity index (χ2v) is 7.09. The Morgan fingerprint density at radius 1 is 1.22 bits per heavy atom. The standard InChI is InChI=1S/C19H22BrN5O2/c1-27-17-5-2-15(3-6-17)18(13-24-8-10-25(14-26)11-9-24)22-23-19-7-4-16(20)12-21-19/h2-7,12,14H,8-11,13H2,1H3,(H,21,23). The van der Waals surface area contributed by atoms with Gasteiger partial charge in [0.1, 0.15) is 11.6 Å². The molecular weight excluding hydrogens is 410 g/mol. The van der Waals surface area contributed by atoms with E-state index in [1.807, 2.05) is 36.4 Å². The molecule has 7 nitrogen and oxygen atoms in total. The van der Waals surface area contributed by atoms with Crippen LogP contribution in [0.1, 0.15) is 5.56 Å². The van der Waals surface area contributed by atoms with Gasteiger partial charge < -0.3 is 9.64 Å². The number of piperazine rings is 1. The van der Waals surface area contributed by atoms with E-state index >= 15 is 0 Å². The van der Waals surface area contributed by atoms with Crippen molar-refractivity contribution in [2.45, 2.75) is 0 Å². The quantitative estimate of drug-likeness (QED) is 0.414. The van der Waals surface area contributed by atoms with E-state index in [0.29, 0.717) is 12.4 Å². The Hall–Kier alpha value is -2.45. The molecule has 3 rings (SSSR count). The summed E-state index contributed by atoms with van der Waals surface area (Å²) in [6, 6.07) is 11.6. The summed E-state index contributed by atoms with van der Waals surface area (Å²) in [5.41, 5.74) is 4.96. The van der Waals surface area contributed by atoms with Crippen molar-refractivity contribution >= 4 is 33.9 Å². The highest BCUT2D eigenvalue weighted by Gasteiger charge is 2.18. The lowest BCUT2D eigenvalue weighted by Gasteiger charge is -2.32. The summed E-state index contributed by atoms with van der Waals surface area (Å²) >= 11 is 3.38. The predicted octanol–water partition coefficient (Wildman–Crippen LogP) is 2.44. The number of pyridine rings is 1. The van der Waals surface area contributed by atoms with Gasteiger partial charge in [0.2, 0.25) is 6.41 Å². The lowest BCUT2D eigenvalue weighted by molar-refractivity contribution is -0.119. The molecule has 1 aromatic heterocycles. The molecular formula is C19H22BrN5O2. The molecule has 0 unspecified atom stereocenters. The van der Waals surface area contributed by atoms with E-state index in [-0.39, 0.29) is 0 Å². The van der Waals surface area contributed by atoms with Crippen molar-refractivity contribution in [2.24, 2.45) is 5.10 Å². The number of rotatable bonds is 7. The second kappa shape index (κ2) is 9.48. The zero-order chi connectivity index (χ0) is 19.1. The number of carbonyl (C=O) groups is 1. The third kappa shape index (κ3) is 5.51. The Kier molecular flexibility index (Phi) is 6.78. The molecule has 0 aliphatic carbocycles. The topological polar surface area (TPSA) is 70.1 Å². The minimum absolute atomic E-state index is 0.676. The maximum atomic E-state index is 10.9. The summed E-state index contributed by atoms with van der Waals surface area (Å²) in [5, 5.41) is 4.61. The van der Waals surface area contributed by atoms with E-state index < -0.39 is 0 Å². The van der Waals surface area contributed by atoms with Gasteiger partial charge >= 0.3 is 0 Å². The van der Waals surface area contributed by atoms with Crippen molar-refractivity contribution in [3.8, 4) is 5.75 Å². The fraction of sp³-hybridized carbons (Fsp3) is 0.316. The highest BCUT2D eigenvalue weighted by atomic mass is 79.9. The van der Waals surface area contributed by atoms with E-state index in [1.165, 1.54) is 0 Å². The number of halogens is 1. The Morgan fingerprint density at radius 3 is 2.56 bits per heavy atom. The predicted molar refractivity (Wildman–Crippen MR) is 109 cm³/mol. The van der Waals surface area contributed by atoms with Crippen LogP contribution in [0.3, 0.4) is 0 Å². The van der Waals surface area contributed by atoms with Crippen LogP contribution in [0.25, 0.3) is 0 Å². The van der Waals surface area contributed by atoms with Gasteiger partial charge in [-0.05, 0) is 57.9 Å². The second-order valence-electron chi connectivity index (χ2n) is 6.18. The van der Waals surface area contributed by atoms with E-state index in [9.17, 15) is 4.79 Å². The van der Waals surface area contributed by atoms with Crippen molar-refractivity contribution in [2.75, 3.05) is 45.3 Å². The van der Waals surface area contributed by atoms with Crippen LogP contribution in [-0.4, -0.2) is 66.7 Å². The van der Waals surface area contributed by atoms with Crippen molar-refractivity contribution in [1.82, 2.24) is 14.8 Å². The van der Waals surface area contributed by atoms with Gasteiger partial charge in [-0.1, -0.05) is 0 Å². The minimum Gasteiger partial charge on any atom is -0.497 e. The normalized spacial score (nSPS) is 15.5. The molecule has 0 radical (unpaired) electrons. The average Bonchev–Trinajstić information content (AvgIpc) is 2.73. The van der Waals surface area contributed by atoms with Crippen LogP contribution < -0.4 is 10.2 Å². The fourth-order valence-corrected chi connectivity index (χ4v) is 3.01. The zero-order valence-electron chi connectivity index (χ0n) is 15.1. The molecule has 142 valence electrons. The van der Waals surface area contributed by atoms with Gasteiger partial charge in [0.05, 0.1) is 12.8 Å². The smallest absolute Gasteiger partial charge is 0.209 e. The van der Waals surface area contributed by atoms with Crippen molar-refractivity contribution < 1.29 is 9.53 Å².